The molecular formula is C12H13ClN2O4. The highest BCUT2D eigenvalue weighted by Gasteiger charge is 2.09. The van der Waals surface area contributed by atoms with Crippen molar-refractivity contribution >= 4 is 29.5 Å². The predicted octanol–water partition coefficient (Wildman–Crippen LogP) is 1.53. The van der Waals surface area contributed by atoms with Gasteiger partial charge >= 0.3 is 12.0 Å². The van der Waals surface area contributed by atoms with Crippen LogP contribution in [0.4, 0.5) is 4.79 Å². The first-order valence-corrected chi connectivity index (χ1v) is 5.89. The Hall–Kier alpha value is -2.08. The number of urea groups is 1. The van der Waals surface area contributed by atoms with E-state index in [1.54, 1.807) is 24.3 Å². The van der Waals surface area contributed by atoms with E-state index in [9.17, 15) is 14.4 Å². The van der Waals surface area contributed by atoms with Gasteiger partial charge in [-0.3, -0.25) is 14.9 Å². The van der Waals surface area contributed by atoms with Gasteiger partial charge in [-0.15, -0.1) is 0 Å². The van der Waals surface area contributed by atoms with Crippen molar-refractivity contribution in [3.8, 4) is 0 Å². The second kappa shape index (κ2) is 7.38. The normalized spacial score (nSPS) is 9.74. The molecule has 0 aliphatic heterocycles. The van der Waals surface area contributed by atoms with Crippen molar-refractivity contribution < 1.29 is 19.5 Å². The van der Waals surface area contributed by atoms with Gasteiger partial charge < -0.3 is 10.4 Å². The molecule has 102 valence electrons. The fourth-order valence-corrected chi connectivity index (χ4v) is 1.36. The molecule has 0 heterocycles. The zero-order chi connectivity index (χ0) is 14.3. The fourth-order valence-electron chi connectivity index (χ4n) is 1.24. The maximum atomic E-state index is 11.3. The predicted molar refractivity (Wildman–Crippen MR) is 68.7 cm³/mol. The third kappa shape index (κ3) is 6.42. The second-order valence-corrected chi connectivity index (χ2v) is 4.19. The summed E-state index contributed by atoms with van der Waals surface area (Å²) in [5.41, 5.74) is 0.831. The molecule has 19 heavy (non-hydrogen) atoms. The first-order valence-electron chi connectivity index (χ1n) is 5.51. The maximum Gasteiger partial charge on any atom is 0.321 e. The minimum atomic E-state index is -1.09. The smallest absolute Gasteiger partial charge is 0.321 e. The zero-order valence-electron chi connectivity index (χ0n) is 9.98. The average molecular weight is 285 g/mol. The van der Waals surface area contributed by atoms with Gasteiger partial charge in [0.25, 0.3) is 0 Å². The lowest BCUT2D eigenvalue weighted by atomic mass is 10.2. The maximum absolute atomic E-state index is 11.3. The second-order valence-electron chi connectivity index (χ2n) is 3.75. The molecule has 1 aromatic carbocycles. The molecule has 0 radical (unpaired) electrons. The largest absolute Gasteiger partial charge is 0.481 e. The summed E-state index contributed by atoms with van der Waals surface area (Å²) in [5, 5.41) is 13.5. The summed E-state index contributed by atoms with van der Waals surface area (Å²) in [7, 11) is 0. The Morgan fingerprint density at radius 1 is 1.11 bits per heavy atom. The van der Waals surface area contributed by atoms with Crippen LogP contribution in [0.25, 0.3) is 0 Å². The van der Waals surface area contributed by atoms with Crippen LogP contribution < -0.4 is 10.6 Å². The van der Waals surface area contributed by atoms with Gasteiger partial charge in [-0.1, -0.05) is 23.7 Å². The van der Waals surface area contributed by atoms with Gasteiger partial charge in [0.15, 0.2) is 0 Å². The van der Waals surface area contributed by atoms with E-state index in [2.05, 4.69) is 5.32 Å². The first kappa shape index (κ1) is 15.0. The molecule has 3 amide bonds. The van der Waals surface area contributed by atoms with E-state index in [4.69, 9.17) is 16.7 Å². The Labute approximate surface area is 114 Å². The molecule has 6 nitrogen and oxygen atoms in total. The van der Waals surface area contributed by atoms with Crippen LogP contribution in [-0.4, -0.2) is 23.0 Å². The lowest BCUT2D eigenvalue weighted by Gasteiger charge is -2.06. The molecule has 0 aliphatic rings. The van der Waals surface area contributed by atoms with Crippen LogP contribution >= 0.6 is 11.6 Å². The number of benzene rings is 1. The van der Waals surface area contributed by atoms with Gasteiger partial charge in [0.1, 0.15) is 0 Å². The Morgan fingerprint density at radius 2 is 1.74 bits per heavy atom. The summed E-state index contributed by atoms with van der Waals surface area (Å²) >= 11 is 5.71. The number of hydrogen-bond acceptors (Lipinski definition) is 3. The summed E-state index contributed by atoms with van der Waals surface area (Å²) < 4.78 is 0. The monoisotopic (exact) mass is 284 g/mol. The lowest BCUT2D eigenvalue weighted by molar-refractivity contribution is -0.138. The van der Waals surface area contributed by atoms with Crippen LogP contribution in [0, 0.1) is 0 Å². The number of nitrogens with one attached hydrogen (secondary N) is 2. The number of carbonyl (C=O) groups is 3. The molecule has 0 spiro atoms. The molecular weight excluding hydrogens is 272 g/mol. The molecule has 0 saturated heterocycles. The van der Waals surface area contributed by atoms with E-state index >= 15 is 0 Å². The van der Waals surface area contributed by atoms with Crippen LogP contribution in [-0.2, 0) is 16.1 Å². The Kier molecular flexibility index (Phi) is 5.81. The number of halogens is 1. The summed E-state index contributed by atoms with van der Waals surface area (Å²) in [6, 6.07) is 6.21. The number of aliphatic carboxylic acids is 1. The zero-order valence-corrected chi connectivity index (χ0v) is 10.7. The molecule has 1 aromatic rings. The highest BCUT2D eigenvalue weighted by atomic mass is 35.5. The summed E-state index contributed by atoms with van der Waals surface area (Å²) in [6.07, 6.45) is -0.542. The van der Waals surface area contributed by atoms with Crippen LogP contribution in [0.5, 0.6) is 0 Å². The molecule has 0 bridgehead atoms. The number of imide groups is 1. The molecule has 1 rings (SSSR count). The van der Waals surface area contributed by atoms with Gasteiger partial charge in [-0.2, -0.15) is 0 Å². The van der Waals surface area contributed by atoms with Crippen molar-refractivity contribution in [2.75, 3.05) is 0 Å². The van der Waals surface area contributed by atoms with E-state index in [1.807, 2.05) is 5.32 Å². The van der Waals surface area contributed by atoms with Gasteiger partial charge in [0.05, 0.1) is 6.42 Å². The van der Waals surface area contributed by atoms with E-state index in [1.165, 1.54) is 0 Å². The molecule has 0 saturated carbocycles. The highest BCUT2D eigenvalue weighted by Crippen LogP contribution is 2.08. The summed E-state index contributed by atoms with van der Waals surface area (Å²) in [5.74, 6) is -1.72. The minimum Gasteiger partial charge on any atom is -0.481 e. The average Bonchev–Trinajstić information content (AvgIpc) is 2.36. The highest BCUT2D eigenvalue weighted by molar-refractivity contribution is 6.30. The number of hydrogen-bond donors (Lipinski definition) is 3. The van der Waals surface area contributed by atoms with E-state index < -0.39 is 17.9 Å². The lowest BCUT2D eigenvalue weighted by Crippen LogP contribution is -2.39. The number of rotatable bonds is 5. The topological polar surface area (TPSA) is 95.5 Å². The van der Waals surface area contributed by atoms with Crippen LogP contribution in [0.15, 0.2) is 24.3 Å². The molecule has 0 aromatic heterocycles. The van der Waals surface area contributed by atoms with Crippen molar-refractivity contribution in [3.05, 3.63) is 34.9 Å². The third-order valence-electron chi connectivity index (χ3n) is 2.19. The van der Waals surface area contributed by atoms with Crippen LogP contribution in [0.1, 0.15) is 18.4 Å². The van der Waals surface area contributed by atoms with Crippen molar-refractivity contribution in [2.24, 2.45) is 0 Å². The molecule has 0 fully saturated rings. The number of carboxylic acid groups (broad SMARTS) is 1. The van der Waals surface area contributed by atoms with Crippen molar-refractivity contribution in [3.63, 3.8) is 0 Å². The van der Waals surface area contributed by atoms with Gasteiger partial charge in [-0.05, 0) is 17.7 Å². The Balaban J connectivity index is 2.29. The van der Waals surface area contributed by atoms with E-state index in [0.717, 1.165) is 5.56 Å². The molecule has 7 heteroatoms. The number of carbonyl (C=O) groups excluding carboxylic acids is 2. The standard InChI is InChI=1S/C12H13ClN2O4/c13-9-3-1-8(2-4-9)7-14-12(19)15-10(16)5-6-11(17)18/h1-4H,5-7H2,(H,17,18)(H2,14,15,16,19). The fraction of sp³-hybridized carbons (Fsp3) is 0.250. The number of carboxylic acids is 1. The van der Waals surface area contributed by atoms with Crippen molar-refractivity contribution in [2.45, 2.75) is 19.4 Å². The molecule has 0 atom stereocenters. The van der Waals surface area contributed by atoms with Gasteiger partial charge in [0, 0.05) is 18.0 Å². The summed E-state index contributed by atoms with van der Waals surface area (Å²) in [4.78, 5) is 32.7. The molecule has 3 N–H and O–H groups in total. The number of amides is 3. The minimum absolute atomic E-state index is 0.232. The van der Waals surface area contributed by atoms with Crippen molar-refractivity contribution in [1.82, 2.24) is 10.6 Å². The summed E-state index contributed by atoms with van der Waals surface area (Å²) in [6.45, 7) is 0.245. The van der Waals surface area contributed by atoms with Gasteiger partial charge in [-0.25, -0.2) is 4.79 Å². The van der Waals surface area contributed by atoms with Crippen molar-refractivity contribution in [1.29, 1.82) is 0 Å². The third-order valence-corrected chi connectivity index (χ3v) is 2.44. The Bertz CT molecular complexity index is 473. The van der Waals surface area contributed by atoms with Gasteiger partial charge in [0.2, 0.25) is 5.91 Å². The van der Waals surface area contributed by atoms with E-state index in [0.29, 0.717) is 5.02 Å². The van der Waals surface area contributed by atoms with Crippen LogP contribution in [0.3, 0.4) is 0 Å². The molecule has 0 unspecified atom stereocenters. The molecule has 0 aliphatic carbocycles. The Morgan fingerprint density at radius 3 is 2.32 bits per heavy atom. The van der Waals surface area contributed by atoms with Crippen LogP contribution in [0.2, 0.25) is 5.02 Å². The quantitative estimate of drug-likeness (QED) is 0.764. The van der Waals surface area contributed by atoms with E-state index in [-0.39, 0.29) is 19.4 Å². The SMILES string of the molecule is O=C(O)CCC(=O)NC(=O)NCc1ccc(Cl)cc1. The first-order chi connectivity index (χ1) is 8.97.